The molecule has 0 aliphatic heterocycles. The van der Waals surface area contributed by atoms with Crippen molar-refractivity contribution in [2.24, 2.45) is 5.84 Å². The summed E-state index contributed by atoms with van der Waals surface area (Å²) in [5.41, 5.74) is 1.57. The Balaban J connectivity index is 1.45. The van der Waals surface area contributed by atoms with Crippen molar-refractivity contribution in [1.29, 1.82) is 0 Å². The van der Waals surface area contributed by atoms with Gasteiger partial charge in [-0.25, -0.2) is 24.6 Å². The minimum absolute atomic E-state index is 0.0280. The van der Waals surface area contributed by atoms with E-state index in [1.807, 2.05) is 16.8 Å². The average Bonchev–Trinajstić information content (AvgIpc) is 3.14. The maximum absolute atomic E-state index is 13.6. The molecule has 7 nitrogen and oxygen atoms in total. The van der Waals surface area contributed by atoms with Crippen molar-refractivity contribution in [3.8, 4) is 0 Å². The second-order valence-corrected chi connectivity index (χ2v) is 9.39. The minimum Gasteiger partial charge on any atom is -0.310 e. The molecule has 3 aromatic rings. The molecule has 2 saturated carbocycles. The van der Waals surface area contributed by atoms with Gasteiger partial charge >= 0.3 is 0 Å². The number of hydrazine groups is 1. The Labute approximate surface area is 194 Å². The van der Waals surface area contributed by atoms with Crippen LogP contribution in [0, 0.1) is 0 Å². The summed E-state index contributed by atoms with van der Waals surface area (Å²) >= 11 is 6.08. The maximum Gasteiger partial charge on any atom is 0.260 e. The fourth-order valence-electron chi connectivity index (χ4n) is 4.86. The smallest absolute Gasteiger partial charge is 0.260 e. The molecule has 2 aliphatic rings. The number of alkyl halides is 2. The van der Waals surface area contributed by atoms with Crippen LogP contribution in [0.1, 0.15) is 67.4 Å². The summed E-state index contributed by atoms with van der Waals surface area (Å²) in [5, 5.41) is 2.00. The quantitative estimate of drug-likeness (QED) is 0.415. The van der Waals surface area contributed by atoms with Crippen LogP contribution in [0.3, 0.4) is 0 Å². The number of H-pyrrole nitrogens is 1. The van der Waals surface area contributed by atoms with Crippen LogP contribution in [0.25, 0.3) is 11.7 Å². The van der Waals surface area contributed by atoms with Crippen LogP contribution in [0.5, 0.6) is 0 Å². The number of aromatic nitrogens is 4. The number of halogens is 3. The summed E-state index contributed by atoms with van der Waals surface area (Å²) in [6.45, 7) is 3.72. The lowest BCUT2D eigenvalue weighted by Gasteiger charge is -2.37. The van der Waals surface area contributed by atoms with Gasteiger partial charge in [0.15, 0.2) is 5.82 Å². The normalized spacial score (nSPS) is 22.8. The topological polar surface area (TPSA) is 92.3 Å². The minimum atomic E-state index is -2.66. The van der Waals surface area contributed by atoms with Crippen LogP contribution in [0.4, 0.5) is 14.6 Å². The number of hydrogen-bond donors (Lipinski definition) is 2. The third-order valence-corrected chi connectivity index (χ3v) is 7.16. The van der Waals surface area contributed by atoms with Gasteiger partial charge in [0.1, 0.15) is 11.5 Å². The van der Waals surface area contributed by atoms with Gasteiger partial charge in [0.05, 0.1) is 11.3 Å². The lowest BCUT2D eigenvalue weighted by Crippen LogP contribution is -2.47. The van der Waals surface area contributed by atoms with E-state index in [2.05, 4.69) is 11.6 Å². The third kappa shape index (κ3) is 4.04. The maximum atomic E-state index is 13.6. The van der Waals surface area contributed by atoms with Gasteiger partial charge in [-0.15, -0.1) is 0 Å². The van der Waals surface area contributed by atoms with Gasteiger partial charge in [-0.3, -0.25) is 9.80 Å². The second-order valence-electron chi connectivity index (χ2n) is 8.95. The standard InChI is InChI=1S/C23H25ClF2N6O/c1-2-15-21(32(27)14-5-8-23(25,26)9-6-14)29-20(30-22(15)33)17-4-3-16(17)18-12-31-10-7-13(24)11-19(31)28-18/h2,7,10-12,14,16-17H,1,3-6,8-9,27H2,(H,29,30,33)/t16-,17+/m1/s1. The number of anilines is 1. The molecule has 2 fully saturated rings. The summed E-state index contributed by atoms with van der Waals surface area (Å²) in [6.07, 6.45) is 7.01. The van der Waals surface area contributed by atoms with Gasteiger partial charge in [-0.05, 0) is 37.8 Å². The third-order valence-electron chi connectivity index (χ3n) is 6.93. The Morgan fingerprint density at radius 3 is 2.64 bits per heavy atom. The number of imidazole rings is 1. The van der Waals surface area contributed by atoms with Crippen molar-refractivity contribution in [3.05, 3.63) is 63.6 Å². The van der Waals surface area contributed by atoms with Gasteiger partial charge in [-0.1, -0.05) is 24.3 Å². The van der Waals surface area contributed by atoms with Crippen LogP contribution in [-0.4, -0.2) is 31.3 Å². The number of nitrogens with two attached hydrogens (primary N) is 1. The predicted octanol–water partition coefficient (Wildman–Crippen LogP) is 4.63. The van der Waals surface area contributed by atoms with Crippen LogP contribution >= 0.6 is 11.6 Å². The second kappa shape index (κ2) is 8.22. The number of rotatable bonds is 5. The van der Waals surface area contributed by atoms with Gasteiger partial charge in [0.25, 0.3) is 5.56 Å². The summed E-state index contributed by atoms with van der Waals surface area (Å²) < 4.78 is 29.2. The van der Waals surface area contributed by atoms with Crippen LogP contribution in [0.15, 0.2) is 35.9 Å². The summed E-state index contributed by atoms with van der Waals surface area (Å²) in [5.74, 6) is 4.55. The fraction of sp³-hybridized carbons (Fsp3) is 0.435. The van der Waals surface area contributed by atoms with E-state index >= 15 is 0 Å². The molecule has 2 atom stereocenters. The summed E-state index contributed by atoms with van der Waals surface area (Å²) in [6, 6.07) is 3.29. The average molecular weight is 475 g/mol. The van der Waals surface area contributed by atoms with Gasteiger partial charge < -0.3 is 9.38 Å². The highest BCUT2D eigenvalue weighted by atomic mass is 35.5. The molecule has 0 saturated heterocycles. The lowest BCUT2D eigenvalue weighted by molar-refractivity contribution is -0.0381. The first-order valence-corrected chi connectivity index (χ1v) is 11.5. The zero-order chi connectivity index (χ0) is 23.3. The Kier molecular flexibility index (Phi) is 5.49. The molecule has 2 aliphatic carbocycles. The highest BCUT2D eigenvalue weighted by Gasteiger charge is 2.39. The van der Waals surface area contributed by atoms with E-state index in [0.29, 0.717) is 10.8 Å². The van der Waals surface area contributed by atoms with Crippen molar-refractivity contribution in [2.45, 2.75) is 62.3 Å². The number of fused-ring (bicyclic) bond motifs is 1. The van der Waals surface area contributed by atoms with Crippen molar-refractivity contribution < 1.29 is 8.78 Å². The molecule has 0 spiro atoms. The van der Waals surface area contributed by atoms with E-state index in [0.717, 1.165) is 24.2 Å². The first-order chi connectivity index (χ1) is 15.8. The Bertz CT molecular complexity index is 1260. The molecular weight excluding hydrogens is 450 g/mol. The predicted molar refractivity (Wildman–Crippen MR) is 124 cm³/mol. The molecule has 0 amide bonds. The molecule has 5 rings (SSSR count). The molecule has 0 unspecified atom stereocenters. The largest absolute Gasteiger partial charge is 0.310 e. The monoisotopic (exact) mass is 474 g/mol. The van der Waals surface area contributed by atoms with E-state index in [-0.39, 0.29) is 60.5 Å². The lowest BCUT2D eigenvalue weighted by atomic mass is 9.71. The first-order valence-electron chi connectivity index (χ1n) is 11.1. The molecule has 0 radical (unpaired) electrons. The number of nitrogens with one attached hydrogen (secondary N) is 1. The highest BCUT2D eigenvalue weighted by Crippen LogP contribution is 2.48. The molecule has 174 valence electrons. The van der Waals surface area contributed by atoms with Gasteiger partial charge in [0, 0.05) is 48.1 Å². The van der Waals surface area contributed by atoms with Crippen molar-refractivity contribution in [1.82, 2.24) is 19.4 Å². The summed E-state index contributed by atoms with van der Waals surface area (Å²) in [7, 11) is 0. The number of nitrogens with zero attached hydrogens (tertiary/aromatic N) is 4. The zero-order valence-corrected chi connectivity index (χ0v) is 18.7. The molecule has 33 heavy (non-hydrogen) atoms. The first kappa shape index (κ1) is 22.0. The van der Waals surface area contributed by atoms with E-state index in [9.17, 15) is 13.6 Å². The molecule has 3 heterocycles. The van der Waals surface area contributed by atoms with E-state index in [4.69, 9.17) is 27.4 Å². The Morgan fingerprint density at radius 2 is 1.97 bits per heavy atom. The van der Waals surface area contributed by atoms with Gasteiger partial charge in [0.2, 0.25) is 5.92 Å². The highest BCUT2D eigenvalue weighted by molar-refractivity contribution is 6.30. The number of pyridine rings is 1. The molecule has 3 aromatic heterocycles. The number of aromatic amines is 1. The molecule has 0 bridgehead atoms. The van der Waals surface area contributed by atoms with Crippen molar-refractivity contribution in [3.63, 3.8) is 0 Å². The van der Waals surface area contributed by atoms with E-state index in [1.165, 1.54) is 11.1 Å². The molecule has 10 heteroatoms. The SMILES string of the molecule is C=Cc1c(N(N)C2CCC(F)(F)CC2)nc([C@H]2CC[C@H]2c2cn3ccc(Cl)cc3n2)[nH]c1=O. The summed E-state index contributed by atoms with van der Waals surface area (Å²) in [4.78, 5) is 25.2. The Morgan fingerprint density at radius 1 is 1.24 bits per heavy atom. The molecule has 3 N–H and O–H groups in total. The van der Waals surface area contributed by atoms with Gasteiger partial charge in [-0.2, -0.15) is 0 Å². The number of hydrogen-bond acceptors (Lipinski definition) is 5. The van der Waals surface area contributed by atoms with Crippen molar-refractivity contribution in [2.75, 3.05) is 5.01 Å². The van der Waals surface area contributed by atoms with Crippen molar-refractivity contribution >= 4 is 29.1 Å². The zero-order valence-electron chi connectivity index (χ0n) is 18.0. The van der Waals surface area contributed by atoms with Crippen LogP contribution < -0.4 is 16.4 Å². The fourth-order valence-corrected chi connectivity index (χ4v) is 5.01. The van der Waals surface area contributed by atoms with Crippen LogP contribution in [0.2, 0.25) is 5.02 Å². The Hall–Kier alpha value is -2.78. The molecular formula is C23H25ClF2N6O. The van der Waals surface area contributed by atoms with E-state index < -0.39 is 5.92 Å². The molecule has 0 aromatic carbocycles. The van der Waals surface area contributed by atoms with Crippen LogP contribution in [-0.2, 0) is 0 Å². The van der Waals surface area contributed by atoms with E-state index in [1.54, 1.807) is 12.1 Å².